The van der Waals surface area contributed by atoms with E-state index < -0.39 is 12.2 Å². The van der Waals surface area contributed by atoms with Crippen molar-refractivity contribution in [2.75, 3.05) is 0 Å². The van der Waals surface area contributed by atoms with E-state index in [-0.39, 0.29) is 5.92 Å². The summed E-state index contributed by atoms with van der Waals surface area (Å²) in [4.78, 5) is 20.3. The molecule has 0 spiro atoms. The first-order valence-corrected chi connectivity index (χ1v) is 2.99. The average Bonchev–Trinajstić information content (AvgIpc) is 1.81. The van der Waals surface area contributed by atoms with Crippen molar-refractivity contribution >= 4 is 12.4 Å². The van der Waals surface area contributed by atoms with Gasteiger partial charge in [-0.2, -0.15) is 0 Å². The second-order valence-corrected chi connectivity index (χ2v) is 2.28. The van der Waals surface area contributed by atoms with Crippen molar-refractivity contribution in [2.45, 2.75) is 20.0 Å². The van der Waals surface area contributed by atoms with Gasteiger partial charge in [-0.3, -0.25) is 4.79 Å². The minimum absolute atomic E-state index is 0.0231. The fraction of sp³-hybridized carbons (Fsp3) is 0.667. The zero-order valence-corrected chi connectivity index (χ0v) is 6.03. The molecule has 0 saturated heterocycles. The maximum absolute atomic E-state index is 10.1. The molecule has 0 rings (SSSR count). The molecule has 0 aliphatic rings. The second-order valence-electron chi connectivity index (χ2n) is 2.28. The Morgan fingerprint density at radius 3 is 2.20 bits per heavy atom. The molecular weight excluding hydrogens is 134 g/mol. The summed E-state index contributed by atoms with van der Waals surface area (Å²) in [6.45, 7) is 3.53. The van der Waals surface area contributed by atoms with Crippen molar-refractivity contribution in [2.24, 2.45) is 11.7 Å². The maximum Gasteiger partial charge on any atom is 0.405 e. The van der Waals surface area contributed by atoms with Gasteiger partial charge in [0.1, 0.15) is 0 Å². The van der Waals surface area contributed by atoms with Crippen LogP contribution in [-0.4, -0.2) is 18.5 Å². The van der Waals surface area contributed by atoms with Gasteiger partial charge >= 0.3 is 6.09 Å². The number of carbonyl (C=O) groups excluding carboxylic acids is 2. The van der Waals surface area contributed by atoms with Crippen LogP contribution in [0.25, 0.3) is 0 Å². The summed E-state index contributed by atoms with van der Waals surface area (Å²) in [5.74, 6) is -0.0231. The first kappa shape index (κ1) is 8.94. The molecule has 4 heteroatoms. The largest absolute Gasteiger partial charge is 0.438 e. The van der Waals surface area contributed by atoms with Crippen molar-refractivity contribution in [1.82, 2.24) is 0 Å². The van der Waals surface area contributed by atoms with E-state index in [1.165, 1.54) is 0 Å². The van der Waals surface area contributed by atoms with Gasteiger partial charge in [-0.05, 0) is 5.92 Å². The van der Waals surface area contributed by atoms with Crippen LogP contribution in [0, 0.1) is 5.92 Å². The quantitative estimate of drug-likeness (QED) is 0.581. The van der Waals surface area contributed by atoms with Crippen molar-refractivity contribution < 1.29 is 14.3 Å². The van der Waals surface area contributed by atoms with Crippen LogP contribution in [-0.2, 0) is 9.53 Å². The number of primary amides is 1. The van der Waals surface area contributed by atoms with Crippen LogP contribution < -0.4 is 5.73 Å². The summed E-state index contributed by atoms with van der Waals surface area (Å²) in [6, 6.07) is 0. The van der Waals surface area contributed by atoms with Gasteiger partial charge in [0.05, 0.1) is 0 Å². The smallest absolute Gasteiger partial charge is 0.405 e. The second kappa shape index (κ2) is 3.87. The Bertz CT molecular complexity index is 133. The highest BCUT2D eigenvalue weighted by atomic mass is 16.6. The third-order valence-corrected chi connectivity index (χ3v) is 1.04. The molecule has 0 heterocycles. The number of hydrogen-bond donors (Lipinski definition) is 1. The molecule has 0 unspecified atom stereocenters. The number of rotatable bonds is 3. The fourth-order valence-corrected chi connectivity index (χ4v) is 0.455. The minimum Gasteiger partial charge on any atom is -0.438 e. The van der Waals surface area contributed by atoms with Gasteiger partial charge in [-0.1, -0.05) is 13.8 Å². The third-order valence-electron chi connectivity index (χ3n) is 1.04. The summed E-state index contributed by atoms with van der Waals surface area (Å²) in [7, 11) is 0. The van der Waals surface area contributed by atoms with E-state index in [1.807, 2.05) is 0 Å². The van der Waals surface area contributed by atoms with E-state index in [0.717, 1.165) is 0 Å². The van der Waals surface area contributed by atoms with Crippen LogP contribution in [0.4, 0.5) is 4.79 Å². The van der Waals surface area contributed by atoms with Crippen LogP contribution in [0.2, 0.25) is 0 Å². The van der Waals surface area contributed by atoms with Crippen LogP contribution in [0.1, 0.15) is 13.8 Å². The SMILES string of the molecule is CC(C)[C@@H](C=O)OC(N)=O. The van der Waals surface area contributed by atoms with Gasteiger partial charge in [0.25, 0.3) is 0 Å². The molecule has 58 valence electrons. The van der Waals surface area contributed by atoms with E-state index >= 15 is 0 Å². The lowest BCUT2D eigenvalue weighted by Gasteiger charge is -2.12. The van der Waals surface area contributed by atoms with Crippen molar-refractivity contribution in [3.63, 3.8) is 0 Å². The van der Waals surface area contributed by atoms with Crippen molar-refractivity contribution in [3.05, 3.63) is 0 Å². The van der Waals surface area contributed by atoms with Gasteiger partial charge in [0, 0.05) is 0 Å². The topological polar surface area (TPSA) is 69.4 Å². The fourth-order valence-electron chi connectivity index (χ4n) is 0.455. The Morgan fingerprint density at radius 1 is 1.60 bits per heavy atom. The highest BCUT2D eigenvalue weighted by Gasteiger charge is 2.14. The molecule has 4 nitrogen and oxygen atoms in total. The predicted molar refractivity (Wildman–Crippen MR) is 35.4 cm³/mol. The van der Waals surface area contributed by atoms with Crippen molar-refractivity contribution in [3.8, 4) is 0 Å². The van der Waals surface area contributed by atoms with Crippen LogP contribution >= 0.6 is 0 Å². The first-order chi connectivity index (χ1) is 4.57. The Labute approximate surface area is 59.3 Å². The first-order valence-electron chi connectivity index (χ1n) is 2.99. The van der Waals surface area contributed by atoms with Crippen LogP contribution in [0.15, 0.2) is 0 Å². The van der Waals surface area contributed by atoms with Crippen LogP contribution in [0.5, 0.6) is 0 Å². The van der Waals surface area contributed by atoms with Gasteiger partial charge in [0.2, 0.25) is 0 Å². The average molecular weight is 145 g/mol. The lowest BCUT2D eigenvalue weighted by Crippen LogP contribution is -2.28. The molecule has 1 amide bonds. The standard InChI is InChI=1S/C6H11NO3/c1-4(2)5(3-8)10-6(7)9/h3-5H,1-2H3,(H2,7,9)/t5-/m1/s1. The molecule has 0 bridgehead atoms. The number of ether oxygens (including phenoxy) is 1. The molecule has 0 aromatic rings. The maximum atomic E-state index is 10.1. The Balaban J connectivity index is 3.83. The van der Waals surface area contributed by atoms with Crippen molar-refractivity contribution in [1.29, 1.82) is 0 Å². The Hall–Kier alpha value is -1.06. The van der Waals surface area contributed by atoms with E-state index in [1.54, 1.807) is 13.8 Å². The molecule has 0 aliphatic carbocycles. The lowest BCUT2D eigenvalue weighted by molar-refractivity contribution is -0.116. The van der Waals surface area contributed by atoms with E-state index in [0.29, 0.717) is 6.29 Å². The molecule has 0 saturated carbocycles. The van der Waals surface area contributed by atoms with E-state index in [9.17, 15) is 9.59 Å². The number of carbonyl (C=O) groups is 2. The zero-order chi connectivity index (χ0) is 8.15. The minimum atomic E-state index is -0.911. The predicted octanol–water partition coefficient (Wildman–Crippen LogP) is 0.305. The molecule has 0 fully saturated rings. The molecule has 10 heavy (non-hydrogen) atoms. The number of amides is 1. The third kappa shape index (κ3) is 3.06. The summed E-state index contributed by atoms with van der Waals surface area (Å²) in [6.07, 6.45) is -1.06. The number of nitrogens with two attached hydrogens (primary N) is 1. The van der Waals surface area contributed by atoms with Gasteiger partial charge in [0.15, 0.2) is 12.4 Å². The molecule has 0 aromatic carbocycles. The van der Waals surface area contributed by atoms with Gasteiger partial charge in [-0.15, -0.1) is 0 Å². The Kier molecular flexibility index (Phi) is 3.46. The summed E-state index contributed by atoms with van der Waals surface area (Å²) >= 11 is 0. The molecule has 0 aliphatic heterocycles. The molecule has 1 atom stereocenters. The zero-order valence-electron chi connectivity index (χ0n) is 6.03. The summed E-state index contributed by atoms with van der Waals surface area (Å²) in [5.41, 5.74) is 4.69. The Morgan fingerprint density at radius 2 is 2.10 bits per heavy atom. The summed E-state index contributed by atoms with van der Waals surface area (Å²) in [5, 5.41) is 0. The summed E-state index contributed by atoms with van der Waals surface area (Å²) < 4.78 is 4.43. The molecule has 0 aromatic heterocycles. The van der Waals surface area contributed by atoms with Gasteiger partial charge in [-0.25, -0.2) is 4.79 Å². The van der Waals surface area contributed by atoms with Crippen LogP contribution in [0.3, 0.4) is 0 Å². The number of hydrogen-bond acceptors (Lipinski definition) is 3. The van der Waals surface area contributed by atoms with Gasteiger partial charge < -0.3 is 10.5 Å². The molecule has 2 N–H and O–H groups in total. The molecule has 0 radical (unpaired) electrons. The monoisotopic (exact) mass is 145 g/mol. The normalized spacial score (nSPS) is 12.7. The molecular formula is C6H11NO3. The number of aldehydes is 1. The van der Waals surface area contributed by atoms with E-state index in [2.05, 4.69) is 10.5 Å². The highest BCUT2D eigenvalue weighted by Crippen LogP contribution is 2.02. The highest BCUT2D eigenvalue weighted by molar-refractivity contribution is 5.69. The van der Waals surface area contributed by atoms with E-state index in [4.69, 9.17) is 0 Å². The lowest BCUT2D eigenvalue weighted by atomic mass is 10.1.